The van der Waals surface area contributed by atoms with E-state index in [2.05, 4.69) is 37.1 Å². The molecule has 1 aliphatic rings. The lowest BCUT2D eigenvalue weighted by atomic mass is 9.80. The fraction of sp³-hybridized carbons (Fsp3) is 0.526. The van der Waals surface area contributed by atoms with Crippen LogP contribution in [0.1, 0.15) is 33.6 Å². The predicted octanol–water partition coefficient (Wildman–Crippen LogP) is 3.76. The molecule has 0 saturated carbocycles. The van der Waals surface area contributed by atoms with Crippen molar-refractivity contribution >= 4 is 22.6 Å². The SMILES string of the molecule is CC(C)(C)C1C[CH]CCN1CCn1c(=O)ccc2ccc(Cl)nc21. The van der Waals surface area contributed by atoms with Gasteiger partial charge in [-0.2, -0.15) is 0 Å². The van der Waals surface area contributed by atoms with Crippen LogP contribution in [0.2, 0.25) is 5.15 Å². The zero-order valence-electron chi connectivity index (χ0n) is 14.6. The molecular weight excluding hydrogens is 322 g/mol. The Bertz CT molecular complexity index is 778. The summed E-state index contributed by atoms with van der Waals surface area (Å²) in [4.78, 5) is 19.2. The van der Waals surface area contributed by atoms with E-state index in [1.807, 2.05) is 12.1 Å². The van der Waals surface area contributed by atoms with Gasteiger partial charge in [0.1, 0.15) is 10.8 Å². The number of nitrogens with zero attached hydrogens (tertiary/aromatic N) is 3. The first-order valence-electron chi connectivity index (χ1n) is 8.58. The topological polar surface area (TPSA) is 38.1 Å². The molecule has 3 heterocycles. The van der Waals surface area contributed by atoms with Crippen LogP contribution in [-0.4, -0.2) is 33.6 Å². The summed E-state index contributed by atoms with van der Waals surface area (Å²) in [7, 11) is 0. The smallest absolute Gasteiger partial charge is 0.252 e. The van der Waals surface area contributed by atoms with Gasteiger partial charge in [0.05, 0.1) is 0 Å². The van der Waals surface area contributed by atoms with Crippen LogP contribution in [0, 0.1) is 11.8 Å². The molecule has 1 fully saturated rings. The first kappa shape index (κ1) is 17.4. The Kier molecular flexibility index (Phi) is 4.97. The van der Waals surface area contributed by atoms with Crippen LogP contribution in [0.5, 0.6) is 0 Å². The summed E-state index contributed by atoms with van der Waals surface area (Å²) in [5, 5.41) is 1.36. The van der Waals surface area contributed by atoms with Gasteiger partial charge >= 0.3 is 0 Å². The second-order valence-electron chi connectivity index (χ2n) is 7.60. The highest BCUT2D eigenvalue weighted by Crippen LogP contribution is 2.31. The molecule has 2 aromatic rings. The minimum absolute atomic E-state index is 0.0202. The number of rotatable bonds is 3. The highest BCUT2D eigenvalue weighted by atomic mass is 35.5. The molecule has 0 amide bonds. The van der Waals surface area contributed by atoms with Crippen LogP contribution >= 0.6 is 11.6 Å². The average Bonchev–Trinajstić information content (AvgIpc) is 2.53. The van der Waals surface area contributed by atoms with Gasteiger partial charge in [-0.15, -0.1) is 0 Å². The Hall–Kier alpha value is -1.39. The number of likely N-dealkylation sites (tertiary alicyclic amines) is 1. The molecule has 1 saturated heterocycles. The fourth-order valence-electron chi connectivity index (χ4n) is 3.59. The van der Waals surface area contributed by atoms with E-state index in [0.29, 0.717) is 23.4 Å². The lowest BCUT2D eigenvalue weighted by Crippen LogP contribution is -2.48. The van der Waals surface area contributed by atoms with E-state index in [1.165, 1.54) is 0 Å². The molecule has 24 heavy (non-hydrogen) atoms. The van der Waals surface area contributed by atoms with Crippen molar-refractivity contribution in [2.24, 2.45) is 5.41 Å². The van der Waals surface area contributed by atoms with Crippen LogP contribution in [0.15, 0.2) is 29.1 Å². The number of fused-ring (bicyclic) bond motifs is 1. The number of pyridine rings is 2. The lowest BCUT2D eigenvalue weighted by Gasteiger charge is -2.43. The van der Waals surface area contributed by atoms with Gasteiger partial charge in [0, 0.05) is 30.6 Å². The second kappa shape index (κ2) is 6.85. The molecule has 0 aromatic carbocycles. The van der Waals surface area contributed by atoms with Gasteiger partial charge in [0.25, 0.3) is 5.56 Å². The van der Waals surface area contributed by atoms with Gasteiger partial charge in [0.15, 0.2) is 0 Å². The Labute approximate surface area is 148 Å². The fourth-order valence-corrected chi connectivity index (χ4v) is 3.73. The van der Waals surface area contributed by atoms with Crippen molar-refractivity contribution in [3.8, 4) is 0 Å². The van der Waals surface area contributed by atoms with Crippen LogP contribution in [-0.2, 0) is 6.54 Å². The number of piperidine rings is 1. The largest absolute Gasteiger partial charge is 0.298 e. The standard InChI is InChI=1S/C19H25ClN3O/c1-19(2,3)15-6-4-5-11-22(15)12-13-23-17(24)10-8-14-7-9-16(20)21-18(14)23/h4,7-10,15H,5-6,11-13H2,1-3H3. The zero-order valence-corrected chi connectivity index (χ0v) is 15.4. The molecule has 1 atom stereocenters. The number of hydrogen-bond acceptors (Lipinski definition) is 3. The lowest BCUT2D eigenvalue weighted by molar-refractivity contribution is 0.0775. The Morgan fingerprint density at radius 1 is 1.21 bits per heavy atom. The van der Waals surface area contributed by atoms with E-state index >= 15 is 0 Å². The second-order valence-corrected chi connectivity index (χ2v) is 7.99. The van der Waals surface area contributed by atoms with Gasteiger partial charge in [-0.05, 0) is 49.4 Å². The number of hydrogen-bond donors (Lipinski definition) is 0. The van der Waals surface area contributed by atoms with Crippen molar-refractivity contribution in [3.63, 3.8) is 0 Å². The minimum atomic E-state index is -0.0202. The first-order chi connectivity index (χ1) is 11.4. The van der Waals surface area contributed by atoms with Gasteiger partial charge in [-0.3, -0.25) is 14.3 Å². The third kappa shape index (κ3) is 3.65. The molecule has 0 aliphatic carbocycles. The molecule has 1 radical (unpaired) electrons. The Balaban J connectivity index is 1.86. The molecule has 3 rings (SSSR count). The minimum Gasteiger partial charge on any atom is -0.298 e. The molecule has 1 aliphatic heterocycles. The average molecular weight is 347 g/mol. The maximum absolute atomic E-state index is 12.4. The van der Waals surface area contributed by atoms with Crippen molar-refractivity contribution in [3.05, 3.63) is 46.2 Å². The van der Waals surface area contributed by atoms with Crippen molar-refractivity contribution in [1.82, 2.24) is 14.5 Å². The third-order valence-corrected chi connectivity index (χ3v) is 5.07. The van der Waals surface area contributed by atoms with Crippen molar-refractivity contribution in [1.29, 1.82) is 0 Å². The summed E-state index contributed by atoms with van der Waals surface area (Å²) < 4.78 is 1.75. The Morgan fingerprint density at radius 2 is 1.96 bits per heavy atom. The van der Waals surface area contributed by atoms with E-state index in [4.69, 9.17) is 11.6 Å². The Morgan fingerprint density at radius 3 is 2.71 bits per heavy atom. The third-order valence-electron chi connectivity index (χ3n) is 4.86. The highest BCUT2D eigenvalue weighted by molar-refractivity contribution is 6.29. The summed E-state index contributed by atoms with van der Waals surface area (Å²) in [6.45, 7) is 9.40. The van der Waals surface area contributed by atoms with Crippen molar-refractivity contribution in [2.45, 2.75) is 46.2 Å². The molecule has 129 valence electrons. The molecule has 0 N–H and O–H groups in total. The summed E-state index contributed by atoms with van der Waals surface area (Å²) in [5.74, 6) is 0. The maximum Gasteiger partial charge on any atom is 0.252 e. The first-order valence-corrected chi connectivity index (χ1v) is 8.96. The molecule has 0 spiro atoms. The molecule has 1 unspecified atom stereocenters. The maximum atomic E-state index is 12.4. The van der Waals surface area contributed by atoms with E-state index in [0.717, 1.165) is 31.3 Å². The number of aromatic nitrogens is 2. The van der Waals surface area contributed by atoms with Crippen molar-refractivity contribution < 1.29 is 0 Å². The summed E-state index contributed by atoms with van der Waals surface area (Å²) in [6.07, 6.45) is 4.61. The van der Waals surface area contributed by atoms with E-state index in [1.54, 1.807) is 16.7 Å². The van der Waals surface area contributed by atoms with E-state index in [-0.39, 0.29) is 11.0 Å². The highest BCUT2D eigenvalue weighted by Gasteiger charge is 2.32. The van der Waals surface area contributed by atoms with Gasteiger partial charge < -0.3 is 0 Å². The molecular formula is C19H25ClN3O. The van der Waals surface area contributed by atoms with Crippen LogP contribution in [0.25, 0.3) is 11.0 Å². The zero-order chi connectivity index (χ0) is 17.3. The molecule has 0 bridgehead atoms. The quantitative estimate of drug-likeness (QED) is 0.794. The molecule has 2 aromatic heterocycles. The van der Waals surface area contributed by atoms with Crippen LogP contribution in [0.3, 0.4) is 0 Å². The summed E-state index contributed by atoms with van der Waals surface area (Å²) in [6, 6.07) is 7.60. The van der Waals surface area contributed by atoms with Gasteiger partial charge in [-0.25, -0.2) is 4.98 Å². The normalized spacial score (nSPS) is 19.8. The summed E-state index contributed by atoms with van der Waals surface area (Å²) in [5.41, 5.74) is 0.876. The van der Waals surface area contributed by atoms with Gasteiger partial charge in [-0.1, -0.05) is 32.4 Å². The van der Waals surface area contributed by atoms with Crippen LogP contribution in [0.4, 0.5) is 0 Å². The number of halogens is 1. The monoisotopic (exact) mass is 346 g/mol. The summed E-state index contributed by atoms with van der Waals surface area (Å²) >= 11 is 6.03. The molecule has 5 heteroatoms. The predicted molar refractivity (Wildman–Crippen MR) is 99.4 cm³/mol. The van der Waals surface area contributed by atoms with E-state index < -0.39 is 0 Å². The van der Waals surface area contributed by atoms with Gasteiger partial charge in [0.2, 0.25) is 0 Å². The van der Waals surface area contributed by atoms with E-state index in [9.17, 15) is 4.79 Å². The van der Waals surface area contributed by atoms with Crippen molar-refractivity contribution in [2.75, 3.05) is 13.1 Å². The molecule has 4 nitrogen and oxygen atoms in total. The van der Waals surface area contributed by atoms with Crippen LogP contribution < -0.4 is 5.56 Å².